The van der Waals surface area contributed by atoms with Crippen molar-refractivity contribution in [1.82, 2.24) is 5.32 Å². The minimum atomic E-state index is -1.79. The average Bonchev–Trinajstić information content (AvgIpc) is 3.44. The van der Waals surface area contributed by atoms with Crippen LogP contribution in [-0.2, 0) is 23.7 Å². The number of hydrogen-bond donors (Lipinski definition) is 9. The Balaban J connectivity index is 1.73. The van der Waals surface area contributed by atoms with E-state index in [9.17, 15) is 45.6 Å². The normalized spacial score (nSPS) is 25.1. The van der Waals surface area contributed by atoms with Gasteiger partial charge in [0.1, 0.15) is 48.8 Å². The lowest BCUT2D eigenvalue weighted by Gasteiger charge is -2.46. The Labute approximate surface area is 472 Å². The minimum absolute atomic E-state index is 0.217. The van der Waals surface area contributed by atoms with Crippen molar-refractivity contribution < 1.29 is 64.6 Å². The van der Waals surface area contributed by atoms with E-state index in [0.717, 1.165) is 89.9 Å². The van der Waals surface area contributed by atoms with Crippen LogP contribution in [0.25, 0.3) is 0 Å². The van der Waals surface area contributed by atoms with Crippen LogP contribution in [0.4, 0.5) is 0 Å². The summed E-state index contributed by atoms with van der Waals surface area (Å²) in [5.41, 5.74) is 0. The van der Waals surface area contributed by atoms with E-state index in [2.05, 4.69) is 92.1 Å². The van der Waals surface area contributed by atoms with E-state index in [0.29, 0.717) is 19.3 Å². The molecule has 2 saturated heterocycles. The first kappa shape index (κ1) is 71.5. The molecular formula is C64H113NO13. The third kappa shape index (κ3) is 34.0. The maximum absolute atomic E-state index is 13.3. The fourth-order valence-electron chi connectivity index (χ4n) is 9.95. The summed E-state index contributed by atoms with van der Waals surface area (Å²) >= 11 is 0. The summed E-state index contributed by atoms with van der Waals surface area (Å²) in [5, 5.41) is 87.4. The third-order valence-electron chi connectivity index (χ3n) is 14.9. The summed E-state index contributed by atoms with van der Waals surface area (Å²) in [4.78, 5) is 13.3. The van der Waals surface area contributed by atoms with Crippen LogP contribution in [0.15, 0.2) is 72.9 Å². The molecule has 2 aliphatic rings. The largest absolute Gasteiger partial charge is 0.394 e. The number of aliphatic hydroxyl groups is 8. The van der Waals surface area contributed by atoms with E-state index in [1.807, 2.05) is 0 Å². The zero-order chi connectivity index (χ0) is 56.7. The second kappa shape index (κ2) is 49.1. The van der Waals surface area contributed by atoms with E-state index in [1.165, 1.54) is 109 Å². The second-order valence-corrected chi connectivity index (χ2v) is 21.8. The fourth-order valence-corrected chi connectivity index (χ4v) is 9.95. The Bertz CT molecular complexity index is 1580. The summed E-state index contributed by atoms with van der Waals surface area (Å²) < 4.78 is 22.9. The van der Waals surface area contributed by atoms with Crippen molar-refractivity contribution in [2.24, 2.45) is 0 Å². The summed E-state index contributed by atoms with van der Waals surface area (Å²) in [6.07, 6.45) is 47.5. The highest BCUT2D eigenvalue weighted by atomic mass is 16.7. The van der Waals surface area contributed by atoms with Crippen molar-refractivity contribution in [1.29, 1.82) is 0 Å². The molecule has 14 nitrogen and oxygen atoms in total. The number of carbonyl (C=O) groups is 1. The number of nitrogens with one attached hydrogen (secondary N) is 1. The molecule has 12 atom stereocenters. The van der Waals surface area contributed by atoms with Gasteiger partial charge in [-0.2, -0.15) is 0 Å². The lowest BCUT2D eigenvalue weighted by Crippen LogP contribution is -2.65. The first-order valence-electron chi connectivity index (χ1n) is 31.2. The second-order valence-electron chi connectivity index (χ2n) is 21.8. The lowest BCUT2D eigenvalue weighted by atomic mass is 9.97. The number of aliphatic hydroxyl groups excluding tert-OH is 8. The quantitative estimate of drug-likeness (QED) is 0.0204. The first-order valence-corrected chi connectivity index (χ1v) is 31.2. The Kier molecular flexibility index (Phi) is 45.0. The predicted molar refractivity (Wildman–Crippen MR) is 313 cm³/mol. The molecule has 0 spiro atoms. The van der Waals surface area contributed by atoms with Crippen molar-refractivity contribution >= 4 is 5.91 Å². The van der Waals surface area contributed by atoms with Crippen molar-refractivity contribution in [2.45, 2.75) is 306 Å². The van der Waals surface area contributed by atoms with Crippen molar-refractivity contribution in [3.05, 3.63) is 72.9 Å². The van der Waals surface area contributed by atoms with Gasteiger partial charge in [0.2, 0.25) is 5.91 Å². The molecule has 0 aromatic heterocycles. The van der Waals surface area contributed by atoms with Gasteiger partial charge in [-0.05, 0) is 64.2 Å². The number of carbonyl (C=O) groups excluding carboxylic acids is 1. The number of ether oxygens (including phenoxy) is 4. The van der Waals surface area contributed by atoms with Gasteiger partial charge in [0.25, 0.3) is 0 Å². The maximum Gasteiger partial charge on any atom is 0.220 e. The smallest absolute Gasteiger partial charge is 0.220 e. The SMILES string of the molecule is CC/C=C\C/C=C\C/C=C\C/C=C\C/C=C\C/C=C\CCCCCCCCCCC(=O)NC(COC1OC(CO)C(OC2OC(CO)C(O)C(O)C2O)C(O)C1O)C(O)CCCCCCCCCCCCCCCCCCC. The van der Waals surface area contributed by atoms with Crippen molar-refractivity contribution in [3.8, 4) is 0 Å². The summed E-state index contributed by atoms with van der Waals surface area (Å²) in [6, 6.07) is -0.838. The fraction of sp³-hybridized carbons (Fsp3) is 0.797. The molecule has 9 N–H and O–H groups in total. The molecule has 78 heavy (non-hydrogen) atoms. The molecule has 0 aromatic carbocycles. The van der Waals surface area contributed by atoms with Gasteiger partial charge < -0.3 is 65.1 Å². The Morgan fingerprint density at radius 3 is 1.36 bits per heavy atom. The highest BCUT2D eigenvalue weighted by Crippen LogP contribution is 2.30. The number of rotatable bonds is 49. The number of unbranched alkanes of at least 4 members (excludes halogenated alkanes) is 24. The lowest BCUT2D eigenvalue weighted by molar-refractivity contribution is -0.359. The standard InChI is InChI=1S/C64H113NO13/c1-3-5-7-9-11-13-15-17-19-21-22-23-24-25-26-27-28-29-30-32-34-36-38-40-42-44-46-48-56(69)65-52(53(68)47-45-43-41-39-37-35-33-31-20-18-16-14-12-10-8-6-4-2)51-75-63-61(74)59(72)62(55(50-67)77-63)78-64-60(73)58(71)57(70)54(49-66)76-64/h5,7,11,13,17,19,22-23,25-26,28-29,52-55,57-64,66-68,70-74H,3-4,6,8-10,12,14-16,18,20-21,24,27,30-51H2,1-2H3,(H,65,69)/b7-5-,13-11-,19-17-,23-22-,26-25-,29-28-. The molecule has 0 bridgehead atoms. The van der Waals surface area contributed by atoms with Crippen LogP contribution in [0.5, 0.6) is 0 Å². The van der Waals surface area contributed by atoms with Gasteiger partial charge in [-0.15, -0.1) is 0 Å². The van der Waals surface area contributed by atoms with E-state index in [1.54, 1.807) is 0 Å². The molecule has 452 valence electrons. The molecule has 0 saturated carbocycles. The minimum Gasteiger partial charge on any atom is -0.394 e. The van der Waals surface area contributed by atoms with Gasteiger partial charge in [0, 0.05) is 6.42 Å². The van der Waals surface area contributed by atoms with Crippen LogP contribution in [0.3, 0.4) is 0 Å². The van der Waals surface area contributed by atoms with Gasteiger partial charge in [-0.1, -0.05) is 234 Å². The van der Waals surface area contributed by atoms with Crippen LogP contribution in [0, 0.1) is 0 Å². The summed E-state index contributed by atoms with van der Waals surface area (Å²) in [6.45, 7) is 2.75. The topological polar surface area (TPSA) is 228 Å². The molecule has 0 aliphatic carbocycles. The first-order chi connectivity index (χ1) is 38.1. The highest BCUT2D eigenvalue weighted by Gasteiger charge is 2.51. The van der Waals surface area contributed by atoms with Gasteiger partial charge in [-0.25, -0.2) is 0 Å². The van der Waals surface area contributed by atoms with Crippen molar-refractivity contribution in [3.63, 3.8) is 0 Å². The maximum atomic E-state index is 13.3. The highest BCUT2D eigenvalue weighted by molar-refractivity contribution is 5.76. The van der Waals surface area contributed by atoms with Crippen LogP contribution in [-0.4, -0.2) is 140 Å². The van der Waals surface area contributed by atoms with E-state index < -0.39 is 86.8 Å². The zero-order valence-electron chi connectivity index (χ0n) is 48.6. The predicted octanol–water partition coefficient (Wildman–Crippen LogP) is 11.1. The number of amides is 1. The van der Waals surface area contributed by atoms with E-state index in [-0.39, 0.29) is 12.5 Å². The average molecular weight is 1100 g/mol. The number of hydrogen-bond acceptors (Lipinski definition) is 13. The molecule has 14 heteroatoms. The van der Waals surface area contributed by atoms with Crippen LogP contribution in [0.2, 0.25) is 0 Å². The van der Waals surface area contributed by atoms with Gasteiger partial charge in [0.05, 0.1) is 32.0 Å². The molecule has 1 amide bonds. The monoisotopic (exact) mass is 1100 g/mol. The van der Waals surface area contributed by atoms with Crippen molar-refractivity contribution in [2.75, 3.05) is 19.8 Å². The summed E-state index contributed by atoms with van der Waals surface area (Å²) in [5.74, 6) is -0.217. The zero-order valence-corrected chi connectivity index (χ0v) is 48.6. The molecule has 2 fully saturated rings. The number of allylic oxidation sites excluding steroid dienone is 12. The molecule has 2 heterocycles. The molecule has 2 aliphatic heterocycles. The van der Waals surface area contributed by atoms with E-state index >= 15 is 0 Å². The Hall–Kier alpha value is -2.57. The molecular weight excluding hydrogens is 991 g/mol. The van der Waals surface area contributed by atoms with Crippen LogP contribution >= 0.6 is 0 Å². The van der Waals surface area contributed by atoms with Crippen LogP contribution in [0.1, 0.15) is 232 Å². The van der Waals surface area contributed by atoms with E-state index in [4.69, 9.17) is 18.9 Å². The van der Waals surface area contributed by atoms with Gasteiger partial charge in [-0.3, -0.25) is 4.79 Å². The molecule has 2 rings (SSSR count). The van der Waals surface area contributed by atoms with Gasteiger partial charge >= 0.3 is 0 Å². The molecule has 12 unspecified atom stereocenters. The molecule has 0 aromatic rings. The summed E-state index contributed by atoms with van der Waals surface area (Å²) in [7, 11) is 0. The third-order valence-corrected chi connectivity index (χ3v) is 14.9. The Morgan fingerprint density at radius 2 is 0.885 bits per heavy atom. The Morgan fingerprint density at radius 1 is 0.474 bits per heavy atom. The van der Waals surface area contributed by atoms with Crippen LogP contribution < -0.4 is 5.32 Å². The van der Waals surface area contributed by atoms with Gasteiger partial charge in [0.15, 0.2) is 12.6 Å². The molecule has 0 radical (unpaired) electrons.